The number of thiol groups is 1. The molecule has 0 amide bonds. The van der Waals surface area contributed by atoms with Gasteiger partial charge >= 0.3 is 17.1 Å². The summed E-state index contributed by atoms with van der Waals surface area (Å²) in [5, 5.41) is 20.5. The Kier molecular flexibility index (Phi) is 6.86. The van der Waals surface area contributed by atoms with Crippen LogP contribution in [-0.2, 0) is 35.9 Å². The Hall–Kier alpha value is -1.05. The Balaban J connectivity index is 0.00000256. The van der Waals surface area contributed by atoms with E-state index in [0.717, 1.165) is 0 Å². The van der Waals surface area contributed by atoms with Crippen LogP contribution >= 0.6 is 0 Å². The smallest absolute Gasteiger partial charge is 0.592 e. The molecule has 91 valence electrons. The number of aryl methyl sites for hydroxylation is 1. The maximum atomic E-state index is 9.08. The minimum atomic E-state index is -0.208. The number of pyridine rings is 1. The first kappa shape index (κ1) is 15.9. The standard InChI is InChI=1S/C9H12N4O2S.Fe/c1-5-8(15)7(3-12-13-9(10)16)6(4-14)2-11-5;/h2-3,14H,4H2,1H3,(H4,10,11,12,13,15,16);/q;+3/p+1. The van der Waals surface area contributed by atoms with Gasteiger partial charge in [-0.1, -0.05) is 0 Å². The van der Waals surface area contributed by atoms with Gasteiger partial charge in [0.15, 0.2) is 17.3 Å². The Bertz CT molecular complexity index is 439. The maximum Gasteiger partial charge on any atom is 3.00 e. The van der Waals surface area contributed by atoms with E-state index >= 15 is 0 Å². The van der Waals surface area contributed by atoms with Crippen molar-refractivity contribution in [3.63, 3.8) is 0 Å². The van der Waals surface area contributed by atoms with E-state index in [2.05, 4.69) is 27.7 Å². The second-order valence-electron chi connectivity index (χ2n) is 3.02. The third-order valence-corrected chi connectivity index (χ3v) is 2.00. The Labute approximate surface area is 114 Å². The third kappa shape index (κ3) is 4.37. The summed E-state index contributed by atoms with van der Waals surface area (Å²) in [5.74, 6) is 0.211. The predicted molar refractivity (Wildman–Crippen MR) is 66.9 cm³/mol. The van der Waals surface area contributed by atoms with Crippen molar-refractivity contribution in [3.8, 4) is 5.75 Å². The van der Waals surface area contributed by atoms with E-state index in [1.54, 1.807) is 6.92 Å². The van der Waals surface area contributed by atoms with Crippen LogP contribution in [0.3, 0.4) is 0 Å². The minimum Gasteiger partial charge on any atom is -0.592 e. The molecule has 0 aliphatic heterocycles. The number of aliphatic hydroxyl groups excluding tert-OH is 1. The van der Waals surface area contributed by atoms with E-state index in [-0.39, 0.29) is 34.5 Å². The van der Waals surface area contributed by atoms with Gasteiger partial charge in [0.25, 0.3) is 5.75 Å². The second-order valence-corrected chi connectivity index (χ2v) is 3.48. The van der Waals surface area contributed by atoms with Crippen molar-refractivity contribution in [2.45, 2.75) is 13.5 Å². The number of hydrogen-bond acceptors (Lipinski definition) is 3. The van der Waals surface area contributed by atoms with Crippen molar-refractivity contribution in [2.24, 2.45) is 10.8 Å². The van der Waals surface area contributed by atoms with E-state index < -0.39 is 0 Å². The molecule has 1 radical (unpaired) electrons. The molecule has 1 aromatic heterocycles. The molecule has 0 aromatic carbocycles. The molecule has 0 saturated carbocycles. The fourth-order valence-corrected chi connectivity index (χ4v) is 1.14. The molecule has 0 saturated heterocycles. The molecule has 17 heavy (non-hydrogen) atoms. The van der Waals surface area contributed by atoms with Gasteiger partial charge in [-0.15, -0.1) is 0 Å². The van der Waals surface area contributed by atoms with Gasteiger partial charge in [0.05, 0.1) is 12.2 Å². The third-order valence-electron chi connectivity index (χ3n) is 1.91. The van der Waals surface area contributed by atoms with Crippen molar-refractivity contribution < 1.29 is 27.3 Å². The summed E-state index contributed by atoms with van der Waals surface area (Å²) in [7, 11) is 0. The topological polar surface area (TPSA) is 108 Å². The van der Waals surface area contributed by atoms with Crippen LogP contribution < -0.4 is 5.73 Å². The number of nitrogens with two attached hydrogens (primary N) is 1. The van der Waals surface area contributed by atoms with Gasteiger partial charge in [-0.05, 0) is 6.92 Å². The van der Waals surface area contributed by atoms with E-state index in [9.17, 15) is 0 Å². The summed E-state index contributed by atoms with van der Waals surface area (Å²) >= 11 is 3.74. The number of aliphatic hydroxyl groups is 1. The second kappa shape index (κ2) is 7.31. The fraction of sp³-hybridized carbons (Fsp3) is 0.222. The monoisotopic (exact) mass is 297 g/mol. The SMILES string of the molecule is Cc1ncc(CO)c(C=N[N-]C(N)=[SH+])c1[OH2+].[Fe+3]. The van der Waals surface area contributed by atoms with Crippen molar-refractivity contribution in [2.75, 3.05) is 0 Å². The maximum absolute atomic E-state index is 9.08. The summed E-state index contributed by atoms with van der Waals surface area (Å²) < 4.78 is 0. The molecule has 1 rings (SSSR count). The van der Waals surface area contributed by atoms with Crippen molar-refractivity contribution >= 4 is 23.5 Å². The molecule has 0 spiro atoms. The van der Waals surface area contributed by atoms with E-state index in [1.807, 2.05) is 0 Å². The summed E-state index contributed by atoms with van der Waals surface area (Å²) in [5.41, 5.74) is 10.3. The molecule has 1 heterocycles. The molecule has 0 bridgehead atoms. The fourth-order valence-electron chi connectivity index (χ4n) is 1.08. The normalized spacial score (nSPS) is 10.1. The van der Waals surface area contributed by atoms with Crippen molar-refractivity contribution in [3.05, 3.63) is 28.4 Å². The molecule has 0 fully saturated rings. The van der Waals surface area contributed by atoms with Crippen LogP contribution in [0.4, 0.5) is 0 Å². The van der Waals surface area contributed by atoms with Gasteiger partial charge in [-0.25, -0.2) is 0 Å². The average Bonchev–Trinajstić information content (AvgIpc) is 2.24. The number of aromatic nitrogens is 1. The van der Waals surface area contributed by atoms with Gasteiger partial charge in [0.1, 0.15) is 5.69 Å². The number of rotatable bonds is 3. The van der Waals surface area contributed by atoms with Gasteiger partial charge in [0.2, 0.25) is 0 Å². The Morgan fingerprint density at radius 3 is 2.94 bits per heavy atom. The van der Waals surface area contributed by atoms with Crippen molar-refractivity contribution in [1.82, 2.24) is 4.98 Å². The first-order valence-corrected chi connectivity index (χ1v) is 4.87. The van der Waals surface area contributed by atoms with Crippen LogP contribution in [0.25, 0.3) is 5.43 Å². The largest absolute Gasteiger partial charge is 3.00 e. The molecule has 5 N–H and O–H groups in total. The molecule has 8 heteroatoms. The van der Waals surface area contributed by atoms with Crippen LogP contribution in [0.2, 0.25) is 0 Å². The van der Waals surface area contributed by atoms with Crippen LogP contribution in [-0.4, -0.2) is 26.5 Å². The number of hydrogen-bond donors (Lipinski definition) is 2. The molecular formula is C9H13FeN4O2S+4. The number of nitrogens with zero attached hydrogens (tertiary/aromatic N) is 3. The molecule has 0 aliphatic rings. The Morgan fingerprint density at radius 1 is 1.76 bits per heavy atom. The van der Waals surface area contributed by atoms with E-state index in [0.29, 0.717) is 16.8 Å². The molecule has 0 atom stereocenters. The molecule has 0 unspecified atom stereocenters. The molecule has 6 nitrogen and oxygen atoms in total. The summed E-state index contributed by atoms with van der Waals surface area (Å²) in [6.07, 6.45) is 2.86. The van der Waals surface area contributed by atoms with Crippen molar-refractivity contribution in [1.29, 1.82) is 0 Å². The van der Waals surface area contributed by atoms with Crippen LogP contribution in [0.1, 0.15) is 16.8 Å². The van der Waals surface area contributed by atoms with E-state index in [4.69, 9.17) is 15.9 Å². The summed E-state index contributed by atoms with van der Waals surface area (Å²) in [6.45, 7) is 1.50. The molecule has 0 aliphatic carbocycles. The van der Waals surface area contributed by atoms with Crippen LogP contribution in [0, 0.1) is 6.92 Å². The zero-order valence-electron chi connectivity index (χ0n) is 9.03. The zero-order valence-corrected chi connectivity index (χ0v) is 11.0. The van der Waals surface area contributed by atoms with Crippen LogP contribution in [0.15, 0.2) is 11.3 Å². The zero-order chi connectivity index (χ0) is 12.1. The van der Waals surface area contributed by atoms with E-state index in [1.165, 1.54) is 12.4 Å². The van der Waals surface area contributed by atoms with Crippen LogP contribution in [0.5, 0.6) is 5.75 Å². The minimum absolute atomic E-state index is 0. The van der Waals surface area contributed by atoms with Gasteiger partial charge in [-0.2, -0.15) is 0 Å². The Morgan fingerprint density at radius 2 is 2.41 bits per heavy atom. The molecule has 1 aromatic rings. The van der Waals surface area contributed by atoms with Gasteiger partial charge < -0.3 is 20.7 Å². The van der Waals surface area contributed by atoms with Gasteiger partial charge in [-0.3, -0.25) is 10.7 Å². The predicted octanol–water partition coefficient (Wildman–Crippen LogP) is -0.649. The van der Waals surface area contributed by atoms with Gasteiger partial charge in [0, 0.05) is 18.0 Å². The first-order chi connectivity index (χ1) is 7.56. The molecular weight excluding hydrogens is 284 g/mol. The first-order valence-electron chi connectivity index (χ1n) is 4.42. The average molecular weight is 297 g/mol. The quantitative estimate of drug-likeness (QED) is 0.193. The summed E-state index contributed by atoms with van der Waals surface area (Å²) in [4.78, 5) is 3.97. The summed E-state index contributed by atoms with van der Waals surface area (Å²) in [6, 6.07) is 0.